The van der Waals surface area contributed by atoms with Gasteiger partial charge in [-0.05, 0) is 91.6 Å². The second-order valence-electron chi connectivity index (χ2n) is 12.5. The van der Waals surface area contributed by atoms with Crippen LogP contribution in [0.5, 0.6) is 34.5 Å². The van der Waals surface area contributed by atoms with E-state index in [9.17, 15) is 0 Å². The molecule has 4 aromatic carbocycles. The molecule has 0 aliphatic carbocycles. The van der Waals surface area contributed by atoms with Crippen molar-refractivity contribution in [3.8, 4) is 45.6 Å². The lowest BCUT2D eigenvalue weighted by molar-refractivity contribution is 0.300. The number of rotatable bonds is 23. The SMILES string of the molecule is CCCOc1cc(OCCC)cc(C([CH]c2cc(OCCC)cc(-c3ccccc3)c2OCCC)c2cc(OCCC)cc(OCCC)c2)c1. The van der Waals surface area contributed by atoms with Crippen LogP contribution in [-0.4, -0.2) is 39.6 Å². The van der Waals surface area contributed by atoms with Crippen LogP contribution in [0.15, 0.2) is 78.9 Å². The normalized spacial score (nSPS) is 11.0. The molecule has 0 spiro atoms. The van der Waals surface area contributed by atoms with Gasteiger partial charge in [0.15, 0.2) is 0 Å². The Labute approximate surface area is 301 Å². The van der Waals surface area contributed by atoms with E-state index >= 15 is 0 Å². The molecule has 4 rings (SSSR count). The summed E-state index contributed by atoms with van der Waals surface area (Å²) in [6.45, 7) is 16.4. The van der Waals surface area contributed by atoms with Crippen molar-refractivity contribution in [2.45, 2.75) is 86.0 Å². The van der Waals surface area contributed by atoms with E-state index in [0.29, 0.717) is 39.6 Å². The minimum atomic E-state index is -0.243. The number of ether oxygens (including phenoxy) is 6. The summed E-state index contributed by atoms with van der Waals surface area (Å²) in [6.07, 6.45) is 7.70. The molecular weight excluding hydrogens is 624 g/mol. The van der Waals surface area contributed by atoms with Gasteiger partial charge in [0.05, 0.1) is 39.6 Å². The zero-order valence-corrected chi connectivity index (χ0v) is 31.1. The Balaban J connectivity index is 1.98. The Morgan fingerprint density at radius 2 is 0.820 bits per heavy atom. The molecular formula is C44H57O6. The van der Waals surface area contributed by atoms with Gasteiger partial charge < -0.3 is 28.4 Å². The van der Waals surface area contributed by atoms with Crippen LogP contribution in [0.25, 0.3) is 11.1 Å². The molecule has 4 aromatic rings. The molecule has 1 radical (unpaired) electrons. The molecule has 0 saturated heterocycles. The van der Waals surface area contributed by atoms with Crippen LogP contribution in [0.2, 0.25) is 0 Å². The van der Waals surface area contributed by atoms with E-state index in [1.165, 1.54) is 0 Å². The topological polar surface area (TPSA) is 55.4 Å². The Morgan fingerprint density at radius 3 is 1.22 bits per heavy atom. The van der Waals surface area contributed by atoms with Crippen molar-refractivity contribution in [2.24, 2.45) is 0 Å². The van der Waals surface area contributed by atoms with E-state index < -0.39 is 0 Å². The van der Waals surface area contributed by atoms with Gasteiger partial charge in [-0.25, -0.2) is 0 Å². The number of hydrogen-bond donors (Lipinski definition) is 0. The van der Waals surface area contributed by atoms with Crippen molar-refractivity contribution in [1.82, 2.24) is 0 Å². The van der Waals surface area contributed by atoms with Gasteiger partial charge in [0.25, 0.3) is 0 Å². The predicted octanol–water partition coefficient (Wildman–Crippen LogP) is 11.5. The fourth-order valence-electron chi connectivity index (χ4n) is 5.57. The quantitative estimate of drug-likeness (QED) is 0.0777. The number of hydrogen-bond acceptors (Lipinski definition) is 6. The van der Waals surface area contributed by atoms with Crippen molar-refractivity contribution in [3.63, 3.8) is 0 Å². The summed E-state index contributed by atoms with van der Waals surface area (Å²) in [5.41, 5.74) is 5.07. The average molecular weight is 682 g/mol. The second kappa shape index (κ2) is 21.0. The molecule has 0 unspecified atom stereocenters. The number of benzene rings is 4. The third kappa shape index (κ3) is 11.4. The van der Waals surface area contributed by atoms with Crippen molar-refractivity contribution in [3.05, 3.63) is 102 Å². The molecule has 50 heavy (non-hydrogen) atoms. The molecule has 0 atom stereocenters. The summed E-state index contributed by atoms with van der Waals surface area (Å²) in [4.78, 5) is 0. The molecule has 269 valence electrons. The maximum absolute atomic E-state index is 6.63. The predicted molar refractivity (Wildman–Crippen MR) is 205 cm³/mol. The summed E-state index contributed by atoms with van der Waals surface area (Å²) >= 11 is 0. The molecule has 0 N–H and O–H groups in total. The third-order valence-electron chi connectivity index (χ3n) is 7.86. The Bertz CT molecular complexity index is 1450. The first-order chi connectivity index (χ1) is 24.5. The standard InChI is InChI=1S/C44H57O6/c1-7-18-45-37-24-34(25-38(30-37)46-19-8-2)42(35-26-39(47-20-9-3)31-40(27-35)48-21-10-4)29-36-28-41(49-22-11-5)32-43(44(36)50-23-12-6)33-16-14-13-15-17-33/h13-17,24-32,42H,7-12,18-23H2,1-6H3. The van der Waals surface area contributed by atoms with Gasteiger partial charge >= 0.3 is 0 Å². The van der Waals surface area contributed by atoms with Gasteiger partial charge in [0.2, 0.25) is 0 Å². The van der Waals surface area contributed by atoms with Gasteiger partial charge in [-0.2, -0.15) is 0 Å². The maximum atomic E-state index is 6.63. The van der Waals surface area contributed by atoms with Gasteiger partial charge in [-0.1, -0.05) is 71.9 Å². The van der Waals surface area contributed by atoms with E-state index in [1.807, 2.05) is 18.2 Å². The maximum Gasteiger partial charge on any atom is 0.130 e. The lowest BCUT2D eigenvalue weighted by Crippen LogP contribution is -2.10. The van der Waals surface area contributed by atoms with Gasteiger partial charge in [0, 0.05) is 35.6 Å². The molecule has 0 bridgehead atoms. The van der Waals surface area contributed by atoms with Crippen LogP contribution in [0.3, 0.4) is 0 Å². The first-order valence-electron chi connectivity index (χ1n) is 18.7. The monoisotopic (exact) mass is 681 g/mol. The highest BCUT2D eigenvalue weighted by Crippen LogP contribution is 2.44. The highest BCUT2D eigenvalue weighted by atomic mass is 16.5. The molecule has 0 aromatic heterocycles. The van der Waals surface area contributed by atoms with Crippen molar-refractivity contribution >= 4 is 0 Å². The van der Waals surface area contributed by atoms with Crippen LogP contribution in [0.1, 0.15) is 103 Å². The van der Waals surface area contributed by atoms with Gasteiger partial charge in [-0.3, -0.25) is 0 Å². The molecule has 0 aliphatic rings. The van der Waals surface area contributed by atoms with Crippen LogP contribution in [0.4, 0.5) is 0 Å². The second-order valence-corrected chi connectivity index (χ2v) is 12.5. The first kappa shape index (κ1) is 38.5. The Hall–Kier alpha value is -4.32. The van der Waals surface area contributed by atoms with Crippen LogP contribution < -0.4 is 28.4 Å². The fraction of sp³-hybridized carbons (Fsp3) is 0.432. The van der Waals surface area contributed by atoms with E-state index in [0.717, 1.165) is 101 Å². The molecule has 6 nitrogen and oxygen atoms in total. The molecule has 6 heteroatoms. The Kier molecular flexibility index (Phi) is 16.2. The zero-order chi connectivity index (χ0) is 35.6. The largest absolute Gasteiger partial charge is 0.494 e. The molecule has 0 aliphatic heterocycles. The van der Waals surface area contributed by atoms with Crippen molar-refractivity contribution < 1.29 is 28.4 Å². The molecule has 0 heterocycles. The van der Waals surface area contributed by atoms with Crippen LogP contribution >= 0.6 is 0 Å². The van der Waals surface area contributed by atoms with E-state index in [2.05, 4.69) is 109 Å². The van der Waals surface area contributed by atoms with E-state index in [1.54, 1.807) is 0 Å². The first-order valence-corrected chi connectivity index (χ1v) is 18.7. The van der Waals surface area contributed by atoms with Crippen molar-refractivity contribution in [1.29, 1.82) is 0 Å². The lowest BCUT2D eigenvalue weighted by Gasteiger charge is -2.24. The third-order valence-corrected chi connectivity index (χ3v) is 7.86. The highest BCUT2D eigenvalue weighted by molar-refractivity contribution is 5.75. The molecule has 0 amide bonds. The average Bonchev–Trinajstić information content (AvgIpc) is 3.15. The summed E-state index contributed by atoms with van der Waals surface area (Å²) < 4.78 is 37.9. The summed E-state index contributed by atoms with van der Waals surface area (Å²) in [5, 5.41) is 0. The summed E-state index contributed by atoms with van der Waals surface area (Å²) in [5.74, 6) is 4.51. The zero-order valence-electron chi connectivity index (χ0n) is 31.1. The minimum Gasteiger partial charge on any atom is -0.494 e. The summed E-state index contributed by atoms with van der Waals surface area (Å²) in [6, 6.07) is 27.1. The minimum absolute atomic E-state index is 0.243. The van der Waals surface area contributed by atoms with Crippen molar-refractivity contribution in [2.75, 3.05) is 39.6 Å². The van der Waals surface area contributed by atoms with E-state index in [-0.39, 0.29) is 5.92 Å². The smallest absolute Gasteiger partial charge is 0.130 e. The van der Waals surface area contributed by atoms with E-state index in [4.69, 9.17) is 28.4 Å². The summed E-state index contributed by atoms with van der Waals surface area (Å²) in [7, 11) is 0. The van der Waals surface area contributed by atoms with Crippen LogP contribution in [-0.2, 0) is 0 Å². The van der Waals surface area contributed by atoms with Crippen LogP contribution in [0, 0.1) is 6.42 Å². The fourth-order valence-corrected chi connectivity index (χ4v) is 5.57. The van der Waals surface area contributed by atoms with Gasteiger partial charge in [0.1, 0.15) is 34.5 Å². The highest BCUT2D eigenvalue weighted by Gasteiger charge is 2.24. The molecule has 0 saturated carbocycles. The lowest BCUT2D eigenvalue weighted by atomic mass is 9.84. The molecule has 0 fully saturated rings. The Morgan fingerprint density at radius 1 is 0.440 bits per heavy atom. The van der Waals surface area contributed by atoms with Gasteiger partial charge in [-0.15, -0.1) is 0 Å².